The van der Waals surface area contributed by atoms with Crippen molar-refractivity contribution < 1.29 is 14.3 Å². The molecule has 0 aliphatic heterocycles. The maximum atomic E-state index is 12.1. The van der Waals surface area contributed by atoms with Crippen LogP contribution in [0.25, 0.3) is 0 Å². The van der Waals surface area contributed by atoms with Crippen molar-refractivity contribution in [2.75, 3.05) is 24.9 Å². The lowest BCUT2D eigenvalue weighted by Gasteiger charge is -2.12. The summed E-state index contributed by atoms with van der Waals surface area (Å²) in [6, 6.07) is 10.0. The van der Waals surface area contributed by atoms with Gasteiger partial charge in [-0.05, 0) is 30.7 Å². The van der Waals surface area contributed by atoms with E-state index in [2.05, 4.69) is 10.6 Å². The summed E-state index contributed by atoms with van der Waals surface area (Å²) in [5, 5.41) is 6.14. The van der Waals surface area contributed by atoms with Crippen LogP contribution in [0.2, 0.25) is 5.02 Å². The van der Waals surface area contributed by atoms with E-state index in [0.29, 0.717) is 27.9 Å². The van der Waals surface area contributed by atoms with Gasteiger partial charge in [-0.25, -0.2) is 4.79 Å². The number of amides is 2. The molecule has 2 amide bonds. The predicted molar refractivity (Wildman–Crippen MR) is 88.4 cm³/mol. The highest BCUT2D eigenvalue weighted by Crippen LogP contribution is 2.26. The van der Waals surface area contributed by atoms with E-state index in [4.69, 9.17) is 21.1 Å². The molecule has 0 spiro atoms. The van der Waals surface area contributed by atoms with Crippen LogP contribution in [0.5, 0.6) is 11.5 Å². The molecule has 0 aliphatic rings. The summed E-state index contributed by atoms with van der Waals surface area (Å²) in [5.74, 6) is 1.19. The summed E-state index contributed by atoms with van der Waals surface area (Å²) >= 11 is 5.89. The molecule has 0 bridgehead atoms. The number of rotatable bonds is 4. The van der Waals surface area contributed by atoms with Gasteiger partial charge in [0.1, 0.15) is 11.5 Å². The largest absolute Gasteiger partial charge is 0.497 e. The highest BCUT2D eigenvalue weighted by Gasteiger charge is 2.08. The van der Waals surface area contributed by atoms with Crippen molar-refractivity contribution in [2.24, 2.45) is 0 Å². The molecule has 0 aliphatic carbocycles. The van der Waals surface area contributed by atoms with Crippen molar-refractivity contribution in [3.63, 3.8) is 0 Å². The number of ether oxygens (including phenoxy) is 2. The molecule has 5 nitrogen and oxygen atoms in total. The Bertz CT molecular complexity index is 667. The Balaban J connectivity index is 2.11. The van der Waals surface area contributed by atoms with Crippen LogP contribution in [-0.2, 0) is 0 Å². The molecule has 116 valence electrons. The lowest BCUT2D eigenvalue weighted by molar-refractivity contribution is 0.262. The Hall–Kier alpha value is -2.40. The average Bonchev–Trinajstić information content (AvgIpc) is 2.49. The monoisotopic (exact) mass is 320 g/mol. The van der Waals surface area contributed by atoms with Crippen LogP contribution < -0.4 is 20.1 Å². The molecule has 2 rings (SSSR count). The minimum atomic E-state index is -0.360. The normalized spacial score (nSPS) is 10.0. The summed E-state index contributed by atoms with van der Waals surface area (Å²) in [6.07, 6.45) is 0. The number of carbonyl (C=O) groups excluding carboxylic acids is 1. The van der Waals surface area contributed by atoms with E-state index in [0.717, 1.165) is 5.56 Å². The first-order valence-electron chi connectivity index (χ1n) is 6.59. The first kappa shape index (κ1) is 16.0. The van der Waals surface area contributed by atoms with Crippen molar-refractivity contribution in [3.8, 4) is 11.5 Å². The van der Waals surface area contributed by atoms with Crippen LogP contribution in [-0.4, -0.2) is 20.3 Å². The zero-order valence-corrected chi connectivity index (χ0v) is 13.3. The molecule has 0 saturated heterocycles. The minimum absolute atomic E-state index is 0.360. The first-order chi connectivity index (χ1) is 10.5. The number of halogens is 1. The van der Waals surface area contributed by atoms with Crippen molar-refractivity contribution >= 4 is 29.0 Å². The SMILES string of the molecule is COc1cc(NC(=O)Nc2ccc(Cl)cc2C)cc(OC)c1. The van der Waals surface area contributed by atoms with E-state index < -0.39 is 0 Å². The fourth-order valence-electron chi connectivity index (χ4n) is 1.93. The molecular weight excluding hydrogens is 304 g/mol. The third-order valence-electron chi connectivity index (χ3n) is 3.05. The second-order valence-corrected chi connectivity index (χ2v) is 5.08. The molecule has 0 heterocycles. The molecule has 0 fully saturated rings. The van der Waals surface area contributed by atoms with Gasteiger partial charge in [0.05, 0.1) is 14.2 Å². The number of aryl methyl sites for hydroxylation is 1. The van der Waals surface area contributed by atoms with Crippen molar-refractivity contribution in [3.05, 3.63) is 47.0 Å². The van der Waals surface area contributed by atoms with E-state index in [1.807, 2.05) is 6.92 Å². The van der Waals surface area contributed by atoms with Gasteiger partial charge in [-0.2, -0.15) is 0 Å². The lowest BCUT2D eigenvalue weighted by Crippen LogP contribution is -2.20. The van der Waals surface area contributed by atoms with Gasteiger partial charge < -0.3 is 20.1 Å². The second-order valence-electron chi connectivity index (χ2n) is 4.64. The molecule has 2 N–H and O–H groups in total. The topological polar surface area (TPSA) is 59.6 Å². The number of anilines is 2. The number of benzene rings is 2. The van der Waals surface area contributed by atoms with Gasteiger partial charge in [-0.15, -0.1) is 0 Å². The van der Waals surface area contributed by atoms with Gasteiger partial charge >= 0.3 is 6.03 Å². The van der Waals surface area contributed by atoms with Crippen molar-refractivity contribution in [2.45, 2.75) is 6.92 Å². The van der Waals surface area contributed by atoms with Gasteiger partial charge in [0.25, 0.3) is 0 Å². The van der Waals surface area contributed by atoms with Crippen LogP contribution in [0.15, 0.2) is 36.4 Å². The quantitative estimate of drug-likeness (QED) is 0.882. The van der Waals surface area contributed by atoms with Gasteiger partial charge in [0.2, 0.25) is 0 Å². The third-order valence-corrected chi connectivity index (χ3v) is 3.28. The van der Waals surface area contributed by atoms with Crippen molar-refractivity contribution in [1.82, 2.24) is 0 Å². The fourth-order valence-corrected chi connectivity index (χ4v) is 2.16. The second kappa shape index (κ2) is 7.04. The molecule has 0 aromatic heterocycles. The Morgan fingerprint density at radius 2 is 1.64 bits per heavy atom. The van der Waals surface area contributed by atoms with Crippen LogP contribution in [0.3, 0.4) is 0 Å². The number of nitrogens with one attached hydrogen (secondary N) is 2. The standard InChI is InChI=1S/C16H17ClN2O3/c1-10-6-11(17)4-5-15(10)19-16(20)18-12-7-13(21-2)9-14(8-12)22-3/h4-9H,1-3H3,(H2,18,19,20). The molecule has 6 heteroatoms. The zero-order chi connectivity index (χ0) is 16.1. The molecule has 2 aromatic carbocycles. The number of hydrogen-bond donors (Lipinski definition) is 2. The summed E-state index contributed by atoms with van der Waals surface area (Å²) < 4.78 is 10.3. The van der Waals surface area contributed by atoms with Gasteiger partial charge in [0, 0.05) is 34.6 Å². The lowest BCUT2D eigenvalue weighted by atomic mass is 10.2. The van der Waals surface area contributed by atoms with Gasteiger partial charge in [-0.1, -0.05) is 11.6 Å². The summed E-state index contributed by atoms with van der Waals surface area (Å²) in [7, 11) is 3.10. The van der Waals surface area contributed by atoms with E-state index in [-0.39, 0.29) is 6.03 Å². The Morgan fingerprint density at radius 1 is 1.00 bits per heavy atom. The summed E-state index contributed by atoms with van der Waals surface area (Å²) in [4.78, 5) is 12.1. The van der Waals surface area contributed by atoms with Gasteiger partial charge in [-0.3, -0.25) is 0 Å². The third kappa shape index (κ3) is 4.05. The summed E-state index contributed by atoms with van der Waals surface area (Å²) in [5.41, 5.74) is 2.14. The molecular formula is C16H17ClN2O3. The summed E-state index contributed by atoms with van der Waals surface area (Å²) in [6.45, 7) is 1.87. The predicted octanol–water partition coefficient (Wildman–Crippen LogP) is 4.31. The number of carbonyl (C=O) groups is 1. The van der Waals surface area contributed by atoms with Gasteiger partial charge in [0.15, 0.2) is 0 Å². The Labute approximate surface area is 134 Å². The maximum absolute atomic E-state index is 12.1. The molecule has 0 atom stereocenters. The molecule has 0 unspecified atom stereocenters. The maximum Gasteiger partial charge on any atom is 0.323 e. The fraction of sp³-hybridized carbons (Fsp3) is 0.188. The molecule has 2 aromatic rings. The van der Waals surface area contributed by atoms with E-state index >= 15 is 0 Å². The molecule has 0 radical (unpaired) electrons. The highest BCUT2D eigenvalue weighted by atomic mass is 35.5. The van der Waals surface area contributed by atoms with Crippen LogP contribution in [0, 0.1) is 6.92 Å². The zero-order valence-electron chi connectivity index (χ0n) is 12.6. The van der Waals surface area contributed by atoms with Crippen LogP contribution in [0.4, 0.5) is 16.2 Å². The number of urea groups is 1. The molecule has 0 saturated carbocycles. The van der Waals surface area contributed by atoms with E-state index in [9.17, 15) is 4.79 Å². The van der Waals surface area contributed by atoms with Crippen LogP contribution >= 0.6 is 11.6 Å². The average molecular weight is 321 g/mol. The smallest absolute Gasteiger partial charge is 0.323 e. The Morgan fingerprint density at radius 3 is 2.18 bits per heavy atom. The number of methoxy groups -OCH3 is 2. The number of hydrogen-bond acceptors (Lipinski definition) is 3. The molecule has 22 heavy (non-hydrogen) atoms. The van der Waals surface area contributed by atoms with E-state index in [1.54, 1.807) is 50.6 Å². The minimum Gasteiger partial charge on any atom is -0.497 e. The van der Waals surface area contributed by atoms with Crippen molar-refractivity contribution in [1.29, 1.82) is 0 Å². The van der Waals surface area contributed by atoms with E-state index in [1.165, 1.54) is 0 Å². The van der Waals surface area contributed by atoms with Crippen LogP contribution in [0.1, 0.15) is 5.56 Å². The Kier molecular flexibility index (Phi) is 5.12. The first-order valence-corrected chi connectivity index (χ1v) is 6.97. The highest BCUT2D eigenvalue weighted by molar-refractivity contribution is 6.30.